The molecule has 12 rings (SSSR count). The lowest BCUT2D eigenvalue weighted by atomic mass is 9.82. The molecule has 0 saturated heterocycles. The van der Waals surface area contributed by atoms with Gasteiger partial charge >= 0.3 is 0 Å². The van der Waals surface area contributed by atoms with Gasteiger partial charge in [-0.3, -0.25) is 0 Å². The number of aromatic nitrogens is 3. The molecule has 1 aliphatic carbocycles. The Morgan fingerprint density at radius 3 is 1.63 bits per heavy atom. The number of hydrogen-bond donors (Lipinski definition) is 0. The maximum atomic E-state index is 5.29. The Kier molecular flexibility index (Phi) is 8.52. The molecular formula is C60H41N3. The topological polar surface area (TPSA) is 38.7 Å². The lowest BCUT2D eigenvalue weighted by Gasteiger charge is -2.21. The van der Waals surface area contributed by atoms with Crippen LogP contribution in [0.2, 0.25) is 0 Å². The van der Waals surface area contributed by atoms with Crippen molar-refractivity contribution in [3.05, 3.63) is 223 Å². The average molecular weight is 804 g/mol. The van der Waals surface area contributed by atoms with Crippen LogP contribution in [0.15, 0.2) is 212 Å². The van der Waals surface area contributed by atoms with Crippen LogP contribution in [-0.4, -0.2) is 15.0 Å². The van der Waals surface area contributed by atoms with Crippen LogP contribution in [0.25, 0.3) is 111 Å². The van der Waals surface area contributed by atoms with Gasteiger partial charge in [0, 0.05) is 22.1 Å². The summed E-state index contributed by atoms with van der Waals surface area (Å²) in [5, 5.41) is 7.50. The van der Waals surface area contributed by atoms with Gasteiger partial charge in [0.05, 0.1) is 0 Å². The summed E-state index contributed by atoms with van der Waals surface area (Å²) < 4.78 is 0. The highest BCUT2D eigenvalue weighted by Crippen LogP contribution is 2.49. The molecule has 0 atom stereocenters. The van der Waals surface area contributed by atoms with E-state index < -0.39 is 0 Å². The van der Waals surface area contributed by atoms with E-state index in [1.807, 2.05) is 6.07 Å². The number of nitrogens with zero attached hydrogens (tertiary/aromatic N) is 3. The Morgan fingerprint density at radius 2 is 0.841 bits per heavy atom. The minimum absolute atomic E-state index is 0.0959. The molecule has 10 aromatic carbocycles. The van der Waals surface area contributed by atoms with Crippen molar-refractivity contribution in [1.29, 1.82) is 0 Å². The van der Waals surface area contributed by atoms with Crippen molar-refractivity contribution in [3.8, 4) is 78.7 Å². The third kappa shape index (κ3) is 6.15. The summed E-state index contributed by atoms with van der Waals surface area (Å²) in [6.45, 7) is 4.62. The molecule has 1 aromatic heterocycles. The molecule has 296 valence electrons. The van der Waals surface area contributed by atoms with E-state index in [0.29, 0.717) is 17.5 Å². The second kappa shape index (κ2) is 14.6. The highest BCUT2D eigenvalue weighted by atomic mass is 15.0. The number of fused-ring (bicyclic) bond motifs is 7. The standard InChI is InChI=1S/C60H41N3/c1-60(2)54-29-13-12-27-49(54)53-37-45(31-33-55(53)60)58-61-57(62-59(63-58)51-28-11-10-24-46(51)38-16-4-3-5-17-38)44-23-15-21-41(35-44)40-20-14-22-43(34-40)56-48-26-9-7-19-42(48)36-52-47-25-8-6-18-39(47)30-32-50(52)56/h3-37H,1-2H3. The van der Waals surface area contributed by atoms with Gasteiger partial charge in [-0.2, -0.15) is 0 Å². The number of hydrogen-bond acceptors (Lipinski definition) is 3. The Bertz CT molecular complexity index is 3600. The quantitative estimate of drug-likeness (QED) is 0.124. The summed E-state index contributed by atoms with van der Waals surface area (Å²) >= 11 is 0. The van der Waals surface area contributed by atoms with Crippen molar-refractivity contribution < 1.29 is 0 Å². The maximum Gasteiger partial charge on any atom is 0.164 e. The van der Waals surface area contributed by atoms with Gasteiger partial charge in [-0.15, -0.1) is 0 Å². The molecule has 63 heavy (non-hydrogen) atoms. The van der Waals surface area contributed by atoms with Crippen molar-refractivity contribution in [3.63, 3.8) is 0 Å². The minimum atomic E-state index is -0.0959. The first-order valence-corrected chi connectivity index (χ1v) is 21.7. The molecule has 0 aliphatic heterocycles. The van der Waals surface area contributed by atoms with E-state index in [1.54, 1.807) is 0 Å². The first kappa shape index (κ1) is 36.8. The van der Waals surface area contributed by atoms with Gasteiger partial charge in [0.15, 0.2) is 17.5 Å². The molecule has 11 aromatic rings. The molecule has 0 amide bonds. The molecule has 0 bridgehead atoms. The van der Waals surface area contributed by atoms with Gasteiger partial charge < -0.3 is 0 Å². The van der Waals surface area contributed by atoms with Crippen molar-refractivity contribution >= 4 is 32.3 Å². The summed E-state index contributed by atoms with van der Waals surface area (Å²) in [5.41, 5.74) is 14.7. The van der Waals surface area contributed by atoms with E-state index in [2.05, 4.69) is 220 Å². The monoisotopic (exact) mass is 803 g/mol. The van der Waals surface area contributed by atoms with E-state index in [1.165, 1.54) is 65.7 Å². The summed E-state index contributed by atoms with van der Waals surface area (Å²) in [7, 11) is 0. The van der Waals surface area contributed by atoms with Crippen LogP contribution in [0.1, 0.15) is 25.0 Å². The molecule has 0 spiro atoms. The first-order chi connectivity index (χ1) is 31.0. The van der Waals surface area contributed by atoms with Crippen LogP contribution in [-0.2, 0) is 5.41 Å². The highest BCUT2D eigenvalue weighted by Gasteiger charge is 2.35. The normalized spacial score (nSPS) is 12.7. The smallest absolute Gasteiger partial charge is 0.164 e. The zero-order valence-electron chi connectivity index (χ0n) is 35.0. The molecule has 0 unspecified atom stereocenters. The first-order valence-electron chi connectivity index (χ1n) is 21.7. The molecule has 0 saturated carbocycles. The molecule has 1 aliphatic rings. The van der Waals surface area contributed by atoms with Crippen LogP contribution in [0.4, 0.5) is 0 Å². The number of benzene rings is 10. The Labute approximate surface area is 367 Å². The van der Waals surface area contributed by atoms with E-state index in [9.17, 15) is 0 Å². The second-order valence-electron chi connectivity index (χ2n) is 17.2. The fourth-order valence-corrected chi connectivity index (χ4v) is 9.98. The van der Waals surface area contributed by atoms with Crippen molar-refractivity contribution in [2.45, 2.75) is 19.3 Å². The predicted molar refractivity (Wildman–Crippen MR) is 263 cm³/mol. The molecule has 3 heteroatoms. The van der Waals surface area contributed by atoms with Crippen LogP contribution < -0.4 is 0 Å². The van der Waals surface area contributed by atoms with Gasteiger partial charge in [0.1, 0.15) is 0 Å². The fourth-order valence-electron chi connectivity index (χ4n) is 9.98. The Balaban J connectivity index is 1.02. The molecular weight excluding hydrogens is 763 g/mol. The zero-order chi connectivity index (χ0) is 42.1. The molecule has 1 heterocycles. The summed E-state index contributed by atoms with van der Waals surface area (Å²) in [6, 6.07) is 76.3. The highest BCUT2D eigenvalue weighted by molar-refractivity contribution is 6.20. The lowest BCUT2D eigenvalue weighted by Crippen LogP contribution is -2.14. The summed E-state index contributed by atoms with van der Waals surface area (Å²) in [4.78, 5) is 15.9. The van der Waals surface area contributed by atoms with E-state index in [4.69, 9.17) is 15.0 Å². The van der Waals surface area contributed by atoms with Gasteiger partial charge in [-0.05, 0) is 112 Å². The Morgan fingerprint density at radius 1 is 0.286 bits per heavy atom. The maximum absolute atomic E-state index is 5.29. The van der Waals surface area contributed by atoms with Crippen LogP contribution in [0, 0.1) is 0 Å². The van der Waals surface area contributed by atoms with Crippen LogP contribution >= 0.6 is 0 Å². The van der Waals surface area contributed by atoms with Gasteiger partial charge in [0.25, 0.3) is 0 Å². The SMILES string of the molecule is CC1(C)c2ccccc2-c2cc(-c3nc(-c4cccc(-c5cccc(-c6c7ccccc7cc7c6ccc6ccccc67)c5)c4)nc(-c4ccccc4-c4ccccc4)n3)ccc21. The Hall–Kier alpha value is -8.01. The molecule has 0 N–H and O–H groups in total. The largest absolute Gasteiger partial charge is 0.208 e. The lowest BCUT2D eigenvalue weighted by molar-refractivity contribution is 0.660. The minimum Gasteiger partial charge on any atom is -0.208 e. The summed E-state index contributed by atoms with van der Waals surface area (Å²) in [5.74, 6) is 1.91. The molecule has 0 fully saturated rings. The van der Waals surface area contributed by atoms with Crippen molar-refractivity contribution in [2.24, 2.45) is 0 Å². The van der Waals surface area contributed by atoms with Gasteiger partial charge in [-0.1, -0.05) is 202 Å². The van der Waals surface area contributed by atoms with E-state index >= 15 is 0 Å². The van der Waals surface area contributed by atoms with E-state index in [-0.39, 0.29) is 5.41 Å². The average Bonchev–Trinajstić information content (AvgIpc) is 3.58. The second-order valence-corrected chi connectivity index (χ2v) is 17.2. The van der Waals surface area contributed by atoms with Crippen molar-refractivity contribution in [2.75, 3.05) is 0 Å². The molecule has 0 radical (unpaired) electrons. The third-order valence-electron chi connectivity index (χ3n) is 13.1. The van der Waals surface area contributed by atoms with Crippen LogP contribution in [0.5, 0.6) is 0 Å². The van der Waals surface area contributed by atoms with Gasteiger partial charge in [0.2, 0.25) is 0 Å². The summed E-state index contributed by atoms with van der Waals surface area (Å²) in [6.07, 6.45) is 0. The van der Waals surface area contributed by atoms with E-state index in [0.717, 1.165) is 38.9 Å². The molecule has 3 nitrogen and oxygen atoms in total. The number of rotatable bonds is 6. The van der Waals surface area contributed by atoms with Crippen molar-refractivity contribution in [1.82, 2.24) is 15.0 Å². The predicted octanol–water partition coefficient (Wildman–Crippen LogP) is 15.6. The zero-order valence-corrected chi connectivity index (χ0v) is 35.0. The third-order valence-corrected chi connectivity index (χ3v) is 13.1. The van der Waals surface area contributed by atoms with Crippen LogP contribution in [0.3, 0.4) is 0 Å². The van der Waals surface area contributed by atoms with Gasteiger partial charge in [-0.25, -0.2) is 15.0 Å². The fraction of sp³-hybridized carbons (Fsp3) is 0.0500.